The van der Waals surface area contributed by atoms with E-state index in [1.54, 1.807) is 27.7 Å². The molecular formula is C12H21B10N3O4. The van der Waals surface area contributed by atoms with Crippen LogP contribution in [-0.2, 0) is 14.3 Å². The molecular weight excluding hydrogens is 358 g/mol. The summed E-state index contributed by atoms with van der Waals surface area (Å²) in [5, 5.41) is 0. The van der Waals surface area contributed by atoms with Crippen molar-refractivity contribution in [3.63, 3.8) is 0 Å². The summed E-state index contributed by atoms with van der Waals surface area (Å²) in [6.45, 7) is 22.6. The number of hydrogen-bond donors (Lipinski definition) is 0. The first-order chi connectivity index (χ1) is 13.7. The molecule has 0 aliphatic carbocycles. The number of carbonyl (C=O) groups is 3. The Labute approximate surface area is 179 Å². The van der Waals surface area contributed by atoms with Crippen LogP contribution < -0.4 is 0 Å². The van der Waals surface area contributed by atoms with E-state index in [0.29, 0.717) is 13.0 Å². The number of rotatable bonds is 8. The average molecular weight is 379 g/mol. The van der Waals surface area contributed by atoms with Gasteiger partial charge >= 0.3 is 179 Å². The molecule has 0 saturated carbocycles. The first kappa shape index (κ1) is 25.9. The summed E-state index contributed by atoms with van der Waals surface area (Å²) in [6, 6.07) is 0. The van der Waals surface area contributed by atoms with Crippen molar-refractivity contribution in [1.29, 1.82) is 0 Å². The van der Waals surface area contributed by atoms with Crippen molar-refractivity contribution >= 4 is 86.1 Å². The van der Waals surface area contributed by atoms with Gasteiger partial charge in [0, 0.05) is 0 Å². The fraction of sp³-hybridized carbons (Fsp3) is 0.750. The Bertz CT molecular complexity index is 716. The second kappa shape index (κ2) is 14.0. The van der Waals surface area contributed by atoms with Crippen molar-refractivity contribution in [3.8, 4) is 0 Å². The third kappa shape index (κ3) is 11.6. The van der Waals surface area contributed by atoms with Crippen molar-refractivity contribution in [3.05, 3.63) is 0 Å². The van der Waals surface area contributed by atoms with Gasteiger partial charge in [0.05, 0.1) is 0 Å². The molecule has 0 bridgehead atoms. The summed E-state index contributed by atoms with van der Waals surface area (Å²) < 4.78 is 5.21. The summed E-state index contributed by atoms with van der Waals surface area (Å²) in [6.07, 6.45) is -0.0856. The molecule has 138 valence electrons. The normalized spacial score (nSPS) is 14.0. The number of nitrogens with zero attached hydrogens (tertiary/aromatic N) is 3. The summed E-state index contributed by atoms with van der Waals surface area (Å²) in [7, 11) is 1.96. The van der Waals surface area contributed by atoms with Crippen LogP contribution in [0, 0.1) is 0 Å². The Kier molecular flexibility index (Phi) is 12.5. The Morgan fingerprint density at radius 3 is 2.14 bits per heavy atom. The van der Waals surface area contributed by atoms with E-state index in [2.05, 4.69) is 4.90 Å². The van der Waals surface area contributed by atoms with Crippen molar-refractivity contribution in [2.75, 3.05) is 26.2 Å². The molecule has 0 aromatic heterocycles. The topological polar surface area (TPSA) is 79.3 Å². The van der Waals surface area contributed by atoms with Gasteiger partial charge < -0.3 is 0 Å². The standard InChI is InChI=1S/C12H21B10N3O4/c1-12(2,3)29-11(28)24-7-9(26)25(10(27)8-24)6-4-5-23-22-21-20-19-18-17-16-15-14-13/h4-8,13H2,1-3H3. The monoisotopic (exact) mass is 381 g/mol. The second-order valence-corrected chi connectivity index (χ2v) is 7.36. The third-order valence-electron chi connectivity index (χ3n) is 3.63. The van der Waals surface area contributed by atoms with E-state index >= 15 is 0 Å². The summed E-state index contributed by atoms with van der Waals surface area (Å²) >= 11 is 0. The predicted molar refractivity (Wildman–Crippen MR) is 127 cm³/mol. The van der Waals surface area contributed by atoms with Gasteiger partial charge in [-0.05, 0) is 0 Å². The molecule has 7 nitrogen and oxygen atoms in total. The fourth-order valence-corrected chi connectivity index (χ4v) is 2.33. The van der Waals surface area contributed by atoms with Crippen molar-refractivity contribution in [1.82, 2.24) is 9.80 Å². The second-order valence-electron chi connectivity index (χ2n) is 7.36. The zero-order valence-electron chi connectivity index (χ0n) is 17.7. The first-order valence-corrected chi connectivity index (χ1v) is 9.67. The van der Waals surface area contributed by atoms with Gasteiger partial charge in [-0.25, -0.2) is 0 Å². The Balaban J connectivity index is 2.34. The number of hydrogen-bond acceptors (Lipinski definition) is 5. The maximum atomic E-state index is 12.2. The van der Waals surface area contributed by atoms with Gasteiger partial charge in [0.25, 0.3) is 0 Å². The van der Waals surface area contributed by atoms with Crippen molar-refractivity contribution in [2.24, 2.45) is 4.90 Å². The molecule has 1 aliphatic rings. The molecule has 0 aromatic carbocycles. The number of ether oxygens (including phenoxy) is 1. The van der Waals surface area contributed by atoms with Gasteiger partial charge in [0.2, 0.25) is 0 Å². The Morgan fingerprint density at radius 2 is 1.59 bits per heavy atom. The molecule has 29 heavy (non-hydrogen) atoms. The van der Waals surface area contributed by atoms with Crippen LogP contribution in [0.4, 0.5) is 4.79 Å². The minimum atomic E-state index is -0.675. The van der Waals surface area contributed by atoms with Crippen LogP contribution in [0.3, 0.4) is 0 Å². The zero-order valence-corrected chi connectivity index (χ0v) is 17.7. The molecule has 0 N–H and O–H groups in total. The zero-order chi connectivity index (χ0) is 21.7. The van der Waals surface area contributed by atoms with Crippen LogP contribution in [0.15, 0.2) is 4.90 Å². The summed E-state index contributed by atoms with van der Waals surface area (Å²) in [4.78, 5) is 43.0. The number of amides is 3. The molecule has 1 heterocycles. The van der Waals surface area contributed by atoms with Crippen molar-refractivity contribution in [2.45, 2.75) is 32.8 Å². The van der Waals surface area contributed by atoms with Gasteiger partial charge in [-0.1, -0.05) is 0 Å². The van der Waals surface area contributed by atoms with Gasteiger partial charge in [0.1, 0.15) is 0 Å². The van der Waals surface area contributed by atoms with E-state index in [1.165, 1.54) is 4.90 Å². The molecule has 0 unspecified atom stereocenters. The minimum absolute atomic E-state index is 0.151. The molecule has 17 heteroatoms. The van der Waals surface area contributed by atoms with Gasteiger partial charge in [0.15, 0.2) is 0 Å². The predicted octanol–water partition coefficient (Wildman–Crippen LogP) is -3.63. The Morgan fingerprint density at radius 1 is 1.03 bits per heavy atom. The van der Waals surface area contributed by atoms with Crippen LogP contribution in [0.5, 0.6) is 0 Å². The fourth-order valence-electron chi connectivity index (χ4n) is 2.33. The van der Waals surface area contributed by atoms with Gasteiger partial charge in [-0.3, -0.25) is 0 Å². The SMILES string of the molecule is BB=BB=BB=BB=BB=NCCCN1C(=O)CN(C(=O)OC(C)(C)C)CC1=O. The Hall–Kier alpha value is -1.14. The first-order valence-electron chi connectivity index (χ1n) is 9.67. The van der Waals surface area contributed by atoms with E-state index in [4.69, 9.17) is 4.74 Å². The summed E-state index contributed by atoms with van der Waals surface area (Å²) in [5.41, 5.74) is -0.675. The number of piperazine rings is 1. The van der Waals surface area contributed by atoms with Gasteiger partial charge in [-0.15, -0.1) is 0 Å². The quantitative estimate of drug-likeness (QED) is 0.248. The van der Waals surface area contributed by atoms with Gasteiger partial charge in [-0.2, -0.15) is 0 Å². The van der Waals surface area contributed by atoms with E-state index in [-0.39, 0.29) is 19.6 Å². The van der Waals surface area contributed by atoms with E-state index in [1.807, 2.05) is 61.3 Å². The number of carbonyl (C=O) groups excluding carboxylic acids is 3. The maximum absolute atomic E-state index is 12.2. The van der Waals surface area contributed by atoms with Crippen molar-refractivity contribution < 1.29 is 19.1 Å². The molecule has 1 aliphatic heterocycles. The molecule has 0 atom stereocenters. The molecule has 0 spiro atoms. The third-order valence-corrected chi connectivity index (χ3v) is 3.63. The molecule has 1 saturated heterocycles. The van der Waals surface area contributed by atoms with E-state index in [9.17, 15) is 14.4 Å². The molecule has 1 rings (SSSR count). The van der Waals surface area contributed by atoms with E-state index in [0.717, 1.165) is 4.90 Å². The molecule has 0 radical (unpaired) electrons. The van der Waals surface area contributed by atoms with Crippen LogP contribution in [0.1, 0.15) is 27.2 Å². The van der Waals surface area contributed by atoms with Crippen LogP contribution in [0.25, 0.3) is 0 Å². The van der Waals surface area contributed by atoms with Crippen LogP contribution >= 0.6 is 0 Å². The number of imide groups is 1. The molecule has 0 aromatic rings. The average Bonchev–Trinajstić information content (AvgIpc) is 2.62. The summed E-state index contributed by atoms with van der Waals surface area (Å²) in [5.74, 6) is -0.792. The molecule has 1 fully saturated rings. The van der Waals surface area contributed by atoms with E-state index < -0.39 is 23.5 Å². The van der Waals surface area contributed by atoms with Crippen LogP contribution in [0.2, 0.25) is 0 Å². The molecule has 3 amide bonds. The van der Waals surface area contributed by atoms with Crippen LogP contribution in [-0.4, -0.2) is 128 Å².